The van der Waals surface area contributed by atoms with Gasteiger partial charge in [0.2, 0.25) is 0 Å². The van der Waals surface area contributed by atoms with Crippen LogP contribution in [0.1, 0.15) is 73.9 Å². The first-order valence-corrected chi connectivity index (χ1v) is 7.89. The van der Waals surface area contributed by atoms with E-state index in [-0.39, 0.29) is 5.92 Å². The number of Topliss-reactive ketones (excluding diaryl/α,β-unsaturated/α-hetero) is 1. The minimum absolute atomic E-state index is 0.207. The smallest absolute Gasteiger partial charge is 0.166 e. The molecule has 2 heteroatoms. The highest BCUT2D eigenvalue weighted by atomic mass is 16.1. The van der Waals surface area contributed by atoms with Crippen molar-refractivity contribution in [1.82, 2.24) is 5.32 Å². The molecule has 1 heterocycles. The molecule has 20 heavy (non-hydrogen) atoms. The van der Waals surface area contributed by atoms with Gasteiger partial charge in [0.1, 0.15) is 0 Å². The van der Waals surface area contributed by atoms with Crippen LogP contribution in [0.5, 0.6) is 0 Å². The maximum Gasteiger partial charge on any atom is 0.166 e. The van der Waals surface area contributed by atoms with Crippen molar-refractivity contribution < 1.29 is 4.79 Å². The average molecular weight is 273 g/mol. The number of hydrogen-bond acceptors (Lipinski definition) is 2. The van der Waals surface area contributed by atoms with E-state index in [2.05, 4.69) is 51.2 Å². The van der Waals surface area contributed by atoms with Gasteiger partial charge in [-0.05, 0) is 48.9 Å². The molecule has 1 aliphatic heterocycles. The molecule has 0 unspecified atom stereocenters. The summed E-state index contributed by atoms with van der Waals surface area (Å²) in [5.41, 5.74) is 3.51. The Morgan fingerprint density at radius 1 is 1.10 bits per heavy atom. The van der Waals surface area contributed by atoms with Gasteiger partial charge in [-0.2, -0.15) is 0 Å². The van der Waals surface area contributed by atoms with Gasteiger partial charge in [-0.15, -0.1) is 0 Å². The molecule has 0 atom stereocenters. The van der Waals surface area contributed by atoms with E-state index in [9.17, 15) is 4.79 Å². The number of benzene rings is 1. The SMILES string of the molecule is CC(C)c1ccc(C(=O)C2CCNCC2)c(C(C)C)c1. The number of carbonyl (C=O) groups excluding carboxylic acids is 1. The summed E-state index contributed by atoms with van der Waals surface area (Å²) < 4.78 is 0. The van der Waals surface area contributed by atoms with E-state index in [1.807, 2.05) is 0 Å². The van der Waals surface area contributed by atoms with Gasteiger partial charge in [-0.1, -0.05) is 45.9 Å². The van der Waals surface area contributed by atoms with Crippen LogP contribution in [0, 0.1) is 5.92 Å². The molecule has 1 N–H and O–H groups in total. The summed E-state index contributed by atoms with van der Waals surface area (Å²) in [5.74, 6) is 1.47. The van der Waals surface area contributed by atoms with Crippen LogP contribution in [0.4, 0.5) is 0 Å². The maximum absolute atomic E-state index is 12.8. The second-order valence-corrected chi connectivity index (χ2v) is 6.54. The van der Waals surface area contributed by atoms with Crippen molar-refractivity contribution in [2.75, 3.05) is 13.1 Å². The van der Waals surface area contributed by atoms with Crippen LogP contribution in [0.2, 0.25) is 0 Å². The molecular formula is C18H27NO. The fourth-order valence-corrected chi connectivity index (χ4v) is 2.95. The number of ketones is 1. The number of piperidine rings is 1. The summed E-state index contributed by atoms with van der Waals surface area (Å²) in [4.78, 5) is 12.8. The minimum Gasteiger partial charge on any atom is -0.317 e. The molecular weight excluding hydrogens is 246 g/mol. The summed E-state index contributed by atoms with van der Waals surface area (Å²) in [6.45, 7) is 10.7. The second-order valence-electron chi connectivity index (χ2n) is 6.54. The highest BCUT2D eigenvalue weighted by Crippen LogP contribution is 2.28. The topological polar surface area (TPSA) is 29.1 Å². The quantitative estimate of drug-likeness (QED) is 0.836. The Labute approximate surface area is 123 Å². The van der Waals surface area contributed by atoms with Crippen LogP contribution in [-0.4, -0.2) is 18.9 Å². The molecule has 0 saturated carbocycles. The minimum atomic E-state index is 0.207. The molecule has 0 spiro atoms. The lowest BCUT2D eigenvalue weighted by Crippen LogP contribution is -2.32. The molecule has 1 saturated heterocycles. The van der Waals surface area contributed by atoms with Gasteiger partial charge in [0.25, 0.3) is 0 Å². The van der Waals surface area contributed by atoms with Crippen molar-refractivity contribution in [3.8, 4) is 0 Å². The third-order valence-electron chi connectivity index (χ3n) is 4.34. The summed E-state index contributed by atoms with van der Waals surface area (Å²) in [7, 11) is 0. The molecule has 0 aliphatic carbocycles. The van der Waals surface area contributed by atoms with Gasteiger partial charge in [-0.3, -0.25) is 4.79 Å². The van der Waals surface area contributed by atoms with E-state index in [1.165, 1.54) is 11.1 Å². The van der Waals surface area contributed by atoms with Crippen LogP contribution >= 0.6 is 0 Å². The van der Waals surface area contributed by atoms with Crippen LogP contribution in [-0.2, 0) is 0 Å². The van der Waals surface area contributed by atoms with Crippen molar-refractivity contribution in [1.29, 1.82) is 0 Å². The lowest BCUT2D eigenvalue weighted by atomic mass is 9.83. The molecule has 1 aromatic carbocycles. The Morgan fingerprint density at radius 3 is 2.30 bits per heavy atom. The molecule has 1 fully saturated rings. The van der Waals surface area contributed by atoms with Crippen LogP contribution in [0.15, 0.2) is 18.2 Å². The zero-order valence-electron chi connectivity index (χ0n) is 13.2. The van der Waals surface area contributed by atoms with Gasteiger partial charge in [0, 0.05) is 11.5 Å². The molecule has 0 aromatic heterocycles. The summed E-state index contributed by atoms with van der Waals surface area (Å²) in [6.07, 6.45) is 1.95. The first-order chi connectivity index (χ1) is 9.50. The summed E-state index contributed by atoms with van der Waals surface area (Å²) in [5, 5.41) is 3.33. The Balaban J connectivity index is 2.32. The molecule has 0 bridgehead atoms. The lowest BCUT2D eigenvalue weighted by molar-refractivity contribution is 0.0893. The lowest BCUT2D eigenvalue weighted by Gasteiger charge is -2.23. The Bertz CT molecular complexity index is 470. The van der Waals surface area contributed by atoms with E-state index >= 15 is 0 Å². The summed E-state index contributed by atoms with van der Waals surface area (Å²) >= 11 is 0. The molecule has 0 radical (unpaired) electrons. The Morgan fingerprint density at radius 2 is 1.75 bits per heavy atom. The van der Waals surface area contributed by atoms with Crippen LogP contribution < -0.4 is 5.32 Å². The van der Waals surface area contributed by atoms with Gasteiger partial charge in [0.15, 0.2) is 5.78 Å². The predicted molar refractivity (Wildman–Crippen MR) is 84.5 cm³/mol. The standard InChI is InChI=1S/C18H27NO/c1-12(2)15-5-6-16(17(11-15)13(3)4)18(20)14-7-9-19-10-8-14/h5-6,11-14,19H,7-10H2,1-4H3. The van der Waals surface area contributed by atoms with Crippen molar-refractivity contribution >= 4 is 5.78 Å². The first-order valence-electron chi connectivity index (χ1n) is 7.89. The molecule has 1 aromatic rings. The monoisotopic (exact) mass is 273 g/mol. The maximum atomic E-state index is 12.8. The van der Waals surface area contributed by atoms with Gasteiger partial charge in [0.05, 0.1) is 0 Å². The van der Waals surface area contributed by atoms with Gasteiger partial charge >= 0.3 is 0 Å². The van der Waals surface area contributed by atoms with Crippen molar-refractivity contribution in [2.24, 2.45) is 5.92 Å². The zero-order chi connectivity index (χ0) is 14.7. The molecule has 2 rings (SSSR count). The van der Waals surface area contributed by atoms with E-state index in [4.69, 9.17) is 0 Å². The second kappa shape index (κ2) is 6.53. The highest BCUT2D eigenvalue weighted by molar-refractivity contribution is 5.99. The van der Waals surface area contributed by atoms with E-state index in [1.54, 1.807) is 0 Å². The molecule has 2 nitrogen and oxygen atoms in total. The van der Waals surface area contributed by atoms with Gasteiger partial charge in [-0.25, -0.2) is 0 Å². The van der Waals surface area contributed by atoms with E-state index < -0.39 is 0 Å². The third kappa shape index (κ3) is 3.29. The number of nitrogens with one attached hydrogen (secondary N) is 1. The third-order valence-corrected chi connectivity index (χ3v) is 4.34. The number of rotatable bonds is 4. The average Bonchev–Trinajstić information content (AvgIpc) is 2.46. The molecule has 110 valence electrons. The fraction of sp³-hybridized carbons (Fsp3) is 0.611. The van der Waals surface area contributed by atoms with Crippen molar-refractivity contribution in [3.05, 3.63) is 34.9 Å². The Kier molecular flexibility index (Phi) is 4.98. The van der Waals surface area contributed by atoms with Crippen molar-refractivity contribution in [3.63, 3.8) is 0 Å². The molecule has 1 aliphatic rings. The fourth-order valence-electron chi connectivity index (χ4n) is 2.95. The normalized spacial score (nSPS) is 16.9. The van der Waals surface area contributed by atoms with E-state index in [0.717, 1.165) is 31.5 Å². The Hall–Kier alpha value is -1.15. The zero-order valence-corrected chi connectivity index (χ0v) is 13.2. The van der Waals surface area contributed by atoms with Gasteiger partial charge < -0.3 is 5.32 Å². The molecule has 0 amide bonds. The van der Waals surface area contributed by atoms with E-state index in [0.29, 0.717) is 17.6 Å². The number of carbonyl (C=O) groups is 1. The largest absolute Gasteiger partial charge is 0.317 e. The highest BCUT2D eigenvalue weighted by Gasteiger charge is 2.25. The first kappa shape index (κ1) is 15.2. The van der Waals surface area contributed by atoms with Crippen LogP contribution in [0.25, 0.3) is 0 Å². The number of hydrogen-bond donors (Lipinski definition) is 1. The van der Waals surface area contributed by atoms with Crippen molar-refractivity contribution in [2.45, 2.75) is 52.4 Å². The van der Waals surface area contributed by atoms with Crippen LogP contribution in [0.3, 0.4) is 0 Å². The summed E-state index contributed by atoms with van der Waals surface area (Å²) in [6, 6.07) is 6.43. The predicted octanol–water partition coefficient (Wildman–Crippen LogP) is 4.12.